The van der Waals surface area contributed by atoms with Gasteiger partial charge in [-0.25, -0.2) is 0 Å². The van der Waals surface area contributed by atoms with E-state index < -0.39 is 0 Å². The second-order valence-electron chi connectivity index (χ2n) is 25.9. The molecule has 14 unspecified atom stereocenters. The largest absolute Gasteiger partial charge is 0.0533 e. The summed E-state index contributed by atoms with van der Waals surface area (Å²) >= 11 is 0. The molecule has 63 heavy (non-hydrogen) atoms. The van der Waals surface area contributed by atoms with E-state index in [4.69, 9.17) is 0 Å². The molecule has 0 nitrogen and oxygen atoms in total. The molecule has 14 atom stereocenters. The standard InChI is InChI=1S/C63H112/c1-2-8-18-31-52-32-20-10-4-11-21-34-53(33-19-9-3-1)57-42-25-15-6-14-24-41-56(52)60-43-26-16-7-17-27-44-61(57)62-46-30-39-50-38-29-45-58(60)54-35-22-12-5-13-23-36-55-49-63(62)59(55)48-47-51(50)37-28-40-54/h50-63H,1-49H2. The Kier molecular flexibility index (Phi) is 21.9. The van der Waals surface area contributed by atoms with Crippen LogP contribution in [-0.2, 0) is 0 Å². The summed E-state index contributed by atoms with van der Waals surface area (Å²) in [5.41, 5.74) is 0. The molecule has 8 rings (SSSR count). The number of hydrogen-bond donors (Lipinski definition) is 0. The van der Waals surface area contributed by atoms with Crippen molar-refractivity contribution in [2.75, 3.05) is 0 Å². The molecule has 0 spiro atoms. The molecule has 0 aromatic heterocycles. The van der Waals surface area contributed by atoms with Crippen LogP contribution in [-0.4, -0.2) is 0 Å². The highest BCUT2D eigenvalue weighted by atomic mass is 14.5. The van der Waals surface area contributed by atoms with Crippen LogP contribution in [0.4, 0.5) is 0 Å². The fourth-order valence-corrected chi connectivity index (χ4v) is 19.0. The Morgan fingerprint density at radius 2 is 0.333 bits per heavy atom. The number of fused-ring (bicyclic) bond motifs is 42. The predicted octanol–water partition coefficient (Wildman–Crippen LogP) is 20.8. The first-order chi connectivity index (χ1) is 31.3. The fourth-order valence-electron chi connectivity index (χ4n) is 19.0. The van der Waals surface area contributed by atoms with Gasteiger partial charge < -0.3 is 0 Å². The summed E-state index contributed by atoms with van der Waals surface area (Å²) in [7, 11) is 0. The molecule has 8 aliphatic carbocycles. The highest BCUT2D eigenvalue weighted by Gasteiger charge is 2.49. The Balaban J connectivity index is 1.27. The molecule has 0 heterocycles. The van der Waals surface area contributed by atoms with Crippen LogP contribution in [0.5, 0.6) is 0 Å². The summed E-state index contributed by atoms with van der Waals surface area (Å²) in [6.45, 7) is 0. The third kappa shape index (κ3) is 14.8. The maximum atomic E-state index is 1.66. The van der Waals surface area contributed by atoms with Crippen molar-refractivity contribution in [3.05, 3.63) is 0 Å². The molecule has 0 aliphatic heterocycles. The van der Waals surface area contributed by atoms with Gasteiger partial charge >= 0.3 is 0 Å². The van der Waals surface area contributed by atoms with Crippen LogP contribution in [0.1, 0.15) is 315 Å². The summed E-state index contributed by atoms with van der Waals surface area (Å²) in [4.78, 5) is 0. The van der Waals surface area contributed by atoms with Gasteiger partial charge in [-0.1, -0.05) is 257 Å². The van der Waals surface area contributed by atoms with E-state index in [9.17, 15) is 0 Å². The van der Waals surface area contributed by atoms with Crippen LogP contribution >= 0.6 is 0 Å². The zero-order valence-corrected chi connectivity index (χ0v) is 42.7. The summed E-state index contributed by atoms with van der Waals surface area (Å²) in [6.07, 6.45) is 77.5. The summed E-state index contributed by atoms with van der Waals surface area (Å²) < 4.78 is 0. The fraction of sp³-hybridized carbons (Fsp3) is 1.00. The van der Waals surface area contributed by atoms with Crippen molar-refractivity contribution in [1.82, 2.24) is 0 Å². The van der Waals surface area contributed by atoms with E-state index in [1.165, 1.54) is 19.3 Å². The normalized spacial score (nSPS) is 42.7. The quantitative estimate of drug-likeness (QED) is 0.228. The van der Waals surface area contributed by atoms with Crippen molar-refractivity contribution in [3.8, 4) is 0 Å². The van der Waals surface area contributed by atoms with Gasteiger partial charge in [0, 0.05) is 0 Å². The molecule has 8 aliphatic rings. The Morgan fingerprint density at radius 1 is 0.111 bits per heavy atom. The second kappa shape index (κ2) is 27.9. The van der Waals surface area contributed by atoms with E-state index >= 15 is 0 Å². The number of hydrogen-bond acceptors (Lipinski definition) is 0. The maximum Gasteiger partial charge on any atom is -0.0349 e. The minimum absolute atomic E-state index is 1.02. The van der Waals surface area contributed by atoms with Crippen molar-refractivity contribution in [2.24, 2.45) is 82.9 Å². The molecular weight excluding hydrogens is 757 g/mol. The van der Waals surface area contributed by atoms with E-state index in [0.29, 0.717) is 0 Å². The van der Waals surface area contributed by atoms with Crippen molar-refractivity contribution in [3.63, 3.8) is 0 Å². The zero-order valence-electron chi connectivity index (χ0n) is 42.7. The van der Waals surface area contributed by atoms with Gasteiger partial charge in [0.1, 0.15) is 0 Å². The van der Waals surface area contributed by atoms with E-state index in [-0.39, 0.29) is 0 Å². The zero-order chi connectivity index (χ0) is 42.7. The monoisotopic (exact) mass is 869 g/mol. The minimum Gasteiger partial charge on any atom is -0.0533 e. The predicted molar refractivity (Wildman–Crippen MR) is 275 cm³/mol. The lowest BCUT2D eigenvalue weighted by molar-refractivity contribution is -0.0477. The summed E-state index contributed by atoms with van der Waals surface area (Å²) in [6, 6.07) is 0. The number of rotatable bonds is 0. The summed E-state index contributed by atoms with van der Waals surface area (Å²) in [5, 5.41) is 0. The average Bonchev–Trinajstić information content (AvgIpc) is 3.27. The molecule has 0 heteroatoms. The van der Waals surface area contributed by atoms with Crippen LogP contribution in [0, 0.1) is 82.9 Å². The van der Waals surface area contributed by atoms with Crippen LogP contribution in [0.3, 0.4) is 0 Å². The molecule has 0 radical (unpaired) electrons. The van der Waals surface area contributed by atoms with Crippen LogP contribution in [0.2, 0.25) is 0 Å². The van der Waals surface area contributed by atoms with Gasteiger partial charge in [0.25, 0.3) is 0 Å². The first kappa shape index (κ1) is 49.4. The minimum atomic E-state index is 1.02. The first-order valence-electron chi connectivity index (χ1n) is 31.3. The highest BCUT2D eigenvalue weighted by molar-refractivity contribution is 4.98. The van der Waals surface area contributed by atoms with Crippen molar-refractivity contribution < 1.29 is 0 Å². The summed E-state index contributed by atoms with van der Waals surface area (Å²) in [5.74, 6) is 14.7. The van der Waals surface area contributed by atoms with E-state index in [0.717, 1.165) is 82.9 Å². The first-order valence-corrected chi connectivity index (χ1v) is 31.3. The van der Waals surface area contributed by atoms with E-state index in [1.54, 1.807) is 295 Å². The van der Waals surface area contributed by atoms with Crippen molar-refractivity contribution in [1.29, 1.82) is 0 Å². The van der Waals surface area contributed by atoms with Gasteiger partial charge in [-0.2, -0.15) is 0 Å². The van der Waals surface area contributed by atoms with Gasteiger partial charge in [-0.05, 0) is 141 Å². The van der Waals surface area contributed by atoms with Gasteiger partial charge in [0.2, 0.25) is 0 Å². The van der Waals surface area contributed by atoms with Gasteiger partial charge in [0.15, 0.2) is 0 Å². The molecule has 0 aromatic carbocycles. The van der Waals surface area contributed by atoms with E-state index in [2.05, 4.69) is 0 Å². The molecule has 0 aromatic rings. The van der Waals surface area contributed by atoms with Gasteiger partial charge in [0.05, 0.1) is 0 Å². The van der Waals surface area contributed by atoms with Crippen LogP contribution in [0.15, 0.2) is 0 Å². The molecule has 0 saturated heterocycles. The molecule has 8 saturated carbocycles. The lowest BCUT2D eigenvalue weighted by atomic mass is 9.51. The molecule has 364 valence electrons. The highest BCUT2D eigenvalue weighted by Crippen LogP contribution is 2.58. The van der Waals surface area contributed by atoms with Crippen molar-refractivity contribution in [2.45, 2.75) is 315 Å². The van der Waals surface area contributed by atoms with Gasteiger partial charge in [-0.3, -0.25) is 0 Å². The van der Waals surface area contributed by atoms with E-state index in [1.807, 2.05) is 0 Å². The molecule has 0 N–H and O–H groups in total. The lowest BCUT2D eigenvalue weighted by Crippen LogP contribution is -2.46. The third-order valence-electron chi connectivity index (χ3n) is 22.3. The molecule has 0 amide bonds. The molecule has 8 fully saturated rings. The van der Waals surface area contributed by atoms with Gasteiger partial charge in [-0.15, -0.1) is 0 Å². The Bertz CT molecular complexity index is 1120. The Morgan fingerprint density at radius 3 is 0.762 bits per heavy atom. The SMILES string of the molecule is C1CCCCC2CCCCCCCC(CCCC1)C1CCCCCCCC2C2CCCCCCCC1C1CCCC3CCCC2C2CCCCCCCC4CC1C4CCC3CCC2. The smallest absolute Gasteiger partial charge is 0.0349 e. The Labute approximate surface area is 395 Å². The maximum absolute atomic E-state index is 1.66. The topological polar surface area (TPSA) is 0 Å². The second-order valence-corrected chi connectivity index (χ2v) is 25.9. The third-order valence-corrected chi connectivity index (χ3v) is 22.3. The average molecular weight is 870 g/mol. The van der Waals surface area contributed by atoms with Crippen LogP contribution in [0.25, 0.3) is 0 Å². The lowest BCUT2D eigenvalue weighted by Gasteiger charge is -2.54. The molecule has 12 bridgehead atoms. The van der Waals surface area contributed by atoms with Crippen LogP contribution < -0.4 is 0 Å². The van der Waals surface area contributed by atoms with Crippen molar-refractivity contribution >= 4 is 0 Å². The molecular formula is C63H112. The Hall–Kier alpha value is 0.